The van der Waals surface area contributed by atoms with Crippen molar-refractivity contribution in [1.82, 2.24) is 0 Å². The van der Waals surface area contributed by atoms with E-state index in [-0.39, 0.29) is 0 Å². The SMILES string of the molecule is CCCN(c1cc(OC)ccc1OC)[C@H](C)C(=O)O. The number of anilines is 1. The first-order valence-electron chi connectivity index (χ1n) is 6.26. The summed E-state index contributed by atoms with van der Waals surface area (Å²) in [5, 5.41) is 9.22. The number of hydrogen-bond acceptors (Lipinski definition) is 4. The minimum absolute atomic E-state index is 0.624. The first-order chi connectivity index (χ1) is 9.04. The van der Waals surface area contributed by atoms with Gasteiger partial charge < -0.3 is 19.5 Å². The largest absolute Gasteiger partial charge is 0.497 e. The molecule has 0 spiro atoms. The van der Waals surface area contributed by atoms with Crippen LogP contribution in [0.3, 0.4) is 0 Å². The zero-order valence-electron chi connectivity index (χ0n) is 11.8. The molecule has 5 heteroatoms. The van der Waals surface area contributed by atoms with Gasteiger partial charge in [0, 0.05) is 12.6 Å². The summed E-state index contributed by atoms with van der Waals surface area (Å²) in [6.07, 6.45) is 0.845. The smallest absolute Gasteiger partial charge is 0.326 e. The van der Waals surface area contributed by atoms with Gasteiger partial charge in [-0.1, -0.05) is 6.92 Å². The number of carbonyl (C=O) groups is 1. The minimum atomic E-state index is -0.863. The molecule has 0 amide bonds. The third-order valence-electron chi connectivity index (χ3n) is 2.98. The van der Waals surface area contributed by atoms with Crippen molar-refractivity contribution < 1.29 is 19.4 Å². The summed E-state index contributed by atoms with van der Waals surface area (Å²) < 4.78 is 10.5. The molecule has 0 aliphatic heterocycles. The molecule has 0 bridgehead atoms. The molecule has 0 saturated carbocycles. The number of aliphatic carboxylic acids is 1. The lowest BCUT2D eigenvalue weighted by Gasteiger charge is -2.29. The van der Waals surface area contributed by atoms with Gasteiger partial charge in [0.05, 0.1) is 19.9 Å². The van der Waals surface area contributed by atoms with Crippen LogP contribution in [0.25, 0.3) is 0 Å². The van der Waals surface area contributed by atoms with E-state index in [1.807, 2.05) is 11.8 Å². The molecule has 1 aromatic carbocycles. The Morgan fingerprint density at radius 1 is 1.37 bits per heavy atom. The van der Waals surface area contributed by atoms with E-state index in [1.165, 1.54) is 0 Å². The molecule has 0 fully saturated rings. The number of benzene rings is 1. The highest BCUT2D eigenvalue weighted by atomic mass is 16.5. The van der Waals surface area contributed by atoms with Gasteiger partial charge >= 0.3 is 5.97 Å². The number of methoxy groups -OCH3 is 2. The highest BCUT2D eigenvalue weighted by molar-refractivity contribution is 5.79. The Morgan fingerprint density at radius 2 is 2.05 bits per heavy atom. The quantitative estimate of drug-likeness (QED) is 0.822. The van der Waals surface area contributed by atoms with E-state index < -0.39 is 12.0 Å². The monoisotopic (exact) mass is 267 g/mol. The Balaban J connectivity index is 3.22. The van der Waals surface area contributed by atoms with Gasteiger partial charge in [-0.25, -0.2) is 4.79 Å². The van der Waals surface area contributed by atoms with Crippen LogP contribution in [-0.4, -0.2) is 37.9 Å². The fourth-order valence-electron chi connectivity index (χ4n) is 1.92. The van der Waals surface area contributed by atoms with Gasteiger partial charge in [0.1, 0.15) is 17.5 Å². The van der Waals surface area contributed by atoms with E-state index in [0.29, 0.717) is 18.0 Å². The van der Waals surface area contributed by atoms with Gasteiger partial charge in [-0.15, -0.1) is 0 Å². The maximum Gasteiger partial charge on any atom is 0.326 e. The lowest BCUT2D eigenvalue weighted by atomic mass is 10.2. The molecule has 0 aliphatic carbocycles. The Bertz CT molecular complexity index is 433. The third kappa shape index (κ3) is 3.53. The molecule has 1 aromatic rings. The van der Waals surface area contributed by atoms with Crippen molar-refractivity contribution >= 4 is 11.7 Å². The molecule has 19 heavy (non-hydrogen) atoms. The summed E-state index contributed by atoms with van der Waals surface area (Å²) >= 11 is 0. The van der Waals surface area contributed by atoms with E-state index in [1.54, 1.807) is 39.3 Å². The van der Waals surface area contributed by atoms with E-state index in [4.69, 9.17) is 9.47 Å². The lowest BCUT2D eigenvalue weighted by Crippen LogP contribution is -2.39. The number of nitrogens with zero attached hydrogens (tertiary/aromatic N) is 1. The van der Waals surface area contributed by atoms with Crippen molar-refractivity contribution in [2.45, 2.75) is 26.3 Å². The molecule has 0 unspecified atom stereocenters. The van der Waals surface area contributed by atoms with Gasteiger partial charge in [0.15, 0.2) is 0 Å². The summed E-state index contributed by atoms with van der Waals surface area (Å²) in [6, 6.07) is 4.75. The van der Waals surface area contributed by atoms with Crippen molar-refractivity contribution in [3.05, 3.63) is 18.2 Å². The zero-order valence-corrected chi connectivity index (χ0v) is 11.8. The number of rotatable bonds is 7. The second-order valence-electron chi connectivity index (χ2n) is 4.25. The Kier molecular flexibility index (Phi) is 5.48. The standard InChI is InChI=1S/C14H21NO4/c1-5-8-15(10(2)14(16)17)12-9-11(18-3)6-7-13(12)19-4/h6-7,9-10H,5,8H2,1-4H3,(H,16,17)/t10-/m1/s1. The van der Waals surface area contributed by atoms with Gasteiger partial charge in [-0.3, -0.25) is 0 Å². The van der Waals surface area contributed by atoms with Crippen LogP contribution in [0.2, 0.25) is 0 Å². The van der Waals surface area contributed by atoms with Gasteiger partial charge in [0.25, 0.3) is 0 Å². The average molecular weight is 267 g/mol. The summed E-state index contributed by atoms with van der Waals surface area (Å²) in [4.78, 5) is 13.0. The topological polar surface area (TPSA) is 59.0 Å². The molecule has 1 rings (SSSR count). The van der Waals surface area contributed by atoms with Crippen LogP contribution in [-0.2, 0) is 4.79 Å². The second-order valence-corrected chi connectivity index (χ2v) is 4.25. The molecular weight excluding hydrogens is 246 g/mol. The van der Waals surface area contributed by atoms with Crippen molar-refractivity contribution in [3.63, 3.8) is 0 Å². The van der Waals surface area contributed by atoms with E-state index >= 15 is 0 Å². The van der Waals surface area contributed by atoms with Crippen molar-refractivity contribution in [3.8, 4) is 11.5 Å². The average Bonchev–Trinajstić information content (AvgIpc) is 2.43. The van der Waals surface area contributed by atoms with Crippen LogP contribution in [0.5, 0.6) is 11.5 Å². The fourth-order valence-corrected chi connectivity index (χ4v) is 1.92. The number of carboxylic acid groups (broad SMARTS) is 1. The van der Waals surface area contributed by atoms with Crippen LogP contribution in [0.4, 0.5) is 5.69 Å². The Labute approximate surface area is 113 Å². The molecule has 5 nitrogen and oxygen atoms in total. The van der Waals surface area contributed by atoms with Crippen molar-refractivity contribution in [2.75, 3.05) is 25.7 Å². The van der Waals surface area contributed by atoms with Crippen molar-refractivity contribution in [2.24, 2.45) is 0 Å². The molecule has 1 atom stereocenters. The molecule has 0 radical (unpaired) electrons. The first kappa shape index (κ1) is 15.1. The molecule has 0 aromatic heterocycles. The van der Waals surface area contributed by atoms with Crippen molar-refractivity contribution in [1.29, 1.82) is 0 Å². The first-order valence-corrected chi connectivity index (χ1v) is 6.26. The summed E-state index contributed by atoms with van der Waals surface area (Å²) in [6.45, 7) is 4.31. The molecule has 1 N–H and O–H groups in total. The Morgan fingerprint density at radius 3 is 2.53 bits per heavy atom. The maximum atomic E-state index is 11.2. The van der Waals surface area contributed by atoms with Gasteiger partial charge in [0.2, 0.25) is 0 Å². The predicted molar refractivity (Wildman–Crippen MR) is 74.3 cm³/mol. The molecular formula is C14H21NO4. The van der Waals surface area contributed by atoms with Crippen LogP contribution >= 0.6 is 0 Å². The van der Waals surface area contributed by atoms with Crippen LogP contribution in [0.1, 0.15) is 20.3 Å². The van der Waals surface area contributed by atoms with Gasteiger partial charge in [-0.05, 0) is 25.5 Å². The maximum absolute atomic E-state index is 11.2. The lowest BCUT2D eigenvalue weighted by molar-refractivity contribution is -0.138. The van der Waals surface area contributed by atoms with Crippen LogP contribution in [0.15, 0.2) is 18.2 Å². The molecule has 0 saturated heterocycles. The summed E-state index contributed by atoms with van der Waals surface area (Å²) in [7, 11) is 3.15. The molecule has 0 heterocycles. The van der Waals surface area contributed by atoms with Gasteiger partial charge in [-0.2, -0.15) is 0 Å². The molecule has 106 valence electrons. The predicted octanol–water partition coefficient (Wildman–Crippen LogP) is 2.39. The number of hydrogen-bond donors (Lipinski definition) is 1. The van der Waals surface area contributed by atoms with Crippen LogP contribution in [0, 0.1) is 0 Å². The summed E-state index contributed by atoms with van der Waals surface area (Å²) in [5.41, 5.74) is 0.735. The second kappa shape index (κ2) is 6.87. The van der Waals surface area contributed by atoms with E-state index in [9.17, 15) is 9.90 Å². The zero-order chi connectivity index (χ0) is 14.4. The fraction of sp³-hybridized carbons (Fsp3) is 0.500. The van der Waals surface area contributed by atoms with Crippen LogP contribution < -0.4 is 14.4 Å². The molecule has 0 aliphatic rings. The third-order valence-corrected chi connectivity index (χ3v) is 2.98. The highest BCUT2D eigenvalue weighted by Gasteiger charge is 2.23. The van der Waals surface area contributed by atoms with E-state index in [2.05, 4.69) is 0 Å². The van der Waals surface area contributed by atoms with E-state index in [0.717, 1.165) is 12.1 Å². The number of carboxylic acids is 1. The number of ether oxygens (including phenoxy) is 2. The minimum Gasteiger partial charge on any atom is -0.497 e. The highest BCUT2D eigenvalue weighted by Crippen LogP contribution is 2.33. The summed E-state index contributed by atoms with van der Waals surface area (Å²) in [5.74, 6) is 0.454. The normalized spacial score (nSPS) is 11.8. The Hall–Kier alpha value is -1.91.